The first kappa shape index (κ1) is 19.6. The Morgan fingerprint density at radius 3 is 1.96 bits per heavy atom. The monoisotopic (exact) mass is 381 g/mol. The largest absolute Gasteiger partial charge is 0.469 e. The van der Waals surface area contributed by atoms with E-state index in [1.165, 1.54) is 14.2 Å². The number of rotatable bonds is 6. The number of hydrogen-bond acceptors (Lipinski definition) is 5. The smallest absolute Gasteiger partial charge is 0.328 e. The molecule has 3 rings (SSSR count). The molecule has 0 fully saturated rings. The van der Waals surface area contributed by atoms with Crippen LogP contribution >= 0.6 is 0 Å². The number of benzene rings is 2. The van der Waals surface area contributed by atoms with Crippen LogP contribution in [-0.2, 0) is 23.9 Å². The maximum Gasteiger partial charge on any atom is 0.328 e. The van der Waals surface area contributed by atoms with Crippen LogP contribution in [0.15, 0.2) is 48.5 Å². The van der Waals surface area contributed by atoms with E-state index in [1.54, 1.807) is 6.92 Å². The van der Waals surface area contributed by atoms with Gasteiger partial charge < -0.3 is 14.8 Å². The van der Waals surface area contributed by atoms with Crippen molar-refractivity contribution in [3.05, 3.63) is 59.7 Å². The minimum atomic E-state index is -0.948. The average Bonchev–Trinajstić information content (AvgIpc) is 3.05. The molecule has 2 aromatic carbocycles. The summed E-state index contributed by atoms with van der Waals surface area (Å²) in [7, 11) is 2.54. The molecule has 1 aliphatic carbocycles. The van der Waals surface area contributed by atoms with Crippen molar-refractivity contribution in [3.8, 4) is 11.1 Å². The standard InChI is InChI=1S/C22H23NO5/c1-13(12-18(24)27-2)20(22(26)28-3)23-21(25)19-16-10-6-4-8-14(16)15-9-5-7-11-17(15)19/h4-11,13,19-20H,12H2,1-3H3,(H,23,25)/t13-,20+/m1/s1. The second-order valence-electron chi connectivity index (χ2n) is 6.87. The summed E-state index contributed by atoms with van der Waals surface area (Å²) in [5.74, 6) is -2.35. The van der Waals surface area contributed by atoms with Gasteiger partial charge in [-0.2, -0.15) is 0 Å². The van der Waals surface area contributed by atoms with Crippen LogP contribution in [0.5, 0.6) is 0 Å². The second-order valence-corrected chi connectivity index (χ2v) is 6.87. The number of hydrogen-bond donors (Lipinski definition) is 1. The van der Waals surface area contributed by atoms with Gasteiger partial charge in [-0.25, -0.2) is 4.79 Å². The molecule has 0 bridgehead atoms. The van der Waals surface area contributed by atoms with E-state index in [1.807, 2.05) is 48.5 Å². The highest BCUT2D eigenvalue weighted by Crippen LogP contribution is 2.44. The fourth-order valence-corrected chi connectivity index (χ4v) is 3.70. The number of fused-ring (bicyclic) bond motifs is 3. The topological polar surface area (TPSA) is 81.7 Å². The fraction of sp³-hybridized carbons (Fsp3) is 0.318. The van der Waals surface area contributed by atoms with Gasteiger partial charge in [0.15, 0.2) is 0 Å². The van der Waals surface area contributed by atoms with Crippen molar-refractivity contribution in [2.24, 2.45) is 5.92 Å². The molecule has 1 aliphatic rings. The van der Waals surface area contributed by atoms with Crippen molar-refractivity contribution in [1.29, 1.82) is 0 Å². The molecule has 2 atom stereocenters. The molecule has 6 nitrogen and oxygen atoms in total. The molecule has 2 aromatic rings. The quantitative estimate of drug-likeness (QED) is 0.778. The first-order valence-corrected chi connectivity index (χ1v) is 9.11. The maximum absolute atomic E-state index is 13.2. The summed E-state index contributed by atoms with van der Waals surface area (Å²) in [6, 6.07) is 14.5. The second kappa shape index (κ2) is 8.25. The van der Waals surface area contributed by atoms with Gasteiger partial charge in [0.25, 0.3) is 0 Å². The lowest BCUT2D eigenvalue weighted by Crippen LogP contribution is -2.48. The van der Waals surface area contributed by atoms with E-state index in [4.69, 9.17) is 4.74 Å². The molecule has 28 heavy (non-hydrogen) atoms. The van der Waals surface area contributed by atoms with Crippen molar-refractivity contribution in [3.63, 3.8) is 0 Å². The van der Waals surface area contributed by atoms with Gasteiger partial charge in [0.2, 0.25) is 5.91 Å². The van der Waals surface area contributed by atoms with Gasteiger partial charge in [0.1, 0.15) is 6.04 Å². The number of amides is 1. The van der Waals surface area contributed by atoms with Gasteiger partial charge in [0.05, 0.1) is 26.6 Å². The van der Waals surface area contributed by atoms with Crippen molar-refractivity contribution in [1.82, 2.24) is 5.32 Å². The molecule has 0 heterocycles. The summed E-state index contributed by atoms with van der Waals surface area (Å²) in [6.45, 7) is 1.70. The van der Waals surface area contributed by atoms with Crippen LogP contribution in [0, 0.1) is 5.92 Å². The number of carbonyl (C=O) groups excluding carboxylic acids is 3. The lowest BCUT2D eigenvalue weighted by atomic mass is 9.93. The van der Waals surface area contributed by atoms with Gasteiger partial charge in [0, 0.05) is 0 Å². The van der Waals surface area contributed by atoms with Crippen LogP contribution in [0.1, 0.15) is 30.4 Å². The molecule has 0 saturated heterocycles. The lowest BCUT2D eigenvalue weighted by molar-refractivity contribution is -0.148. The summed E-state index contributed by atoms with van der Waals surface area (Å²) in [5, 5.41) is 2.80. The Bertz CT molecular complexity index is 862. The maximum atomic E-state index is 13.2. The third-order valence-corrected chi connectivity index (χ3v) is 5.13. The zero-order valence-corrected chi connectivity index (χ0v) is 16.1. The number of nitrogens with one attached hydrogen (secondary N) is 1. The molecule has 0 spiro atoms. The van der Waals surface area contributed by atoms with Crippen molar-refractivity contribution in [2.75, 3.05) is 14.2 Å². The Kier molecular flexibility index (Phi) is 5.78. The van der Waals surface area contributed by atoms with Crippen LogP contribution < -0.4 is 5.32 Å². The Morgan fingerprint density at radius 2 is 1.46 bits per heavy atom. The average molecular weight is 381 g/mol. The highest BCUT2D eigenvalue weighted by atomic mass is 16.5. The molecule has 1 N–H and O–H groups in total. The van der Waals surface area contributed by atoms with E-state index in [2.05, 4.69) is 10.1 Å². The predicted molar refractivity (Wildman–Crippen MR) is 103 cm³/mol. The van der Waals surface area contributed by atoms with Gasteiger partial charge in [-0.3, -0.25) is 9.59 Å². The zero-order valence-electron chi connectivity index (χ0n) is 16.1. The van der Waals surface area contributed by atoms with Crippen LogP contribution in [-0.4, -0.2) is 38.1 Å². The Hall–Kier alpha value is -3.15. The normalized spacial score (nSPS) is 14.4. The Labute approximate surface area is 163 Å². The first-order chi connectivity index (χ1) is 13.5. The van der Waals surface area contributed by atoms with E-state index < -0.39 is 29.8 Å². The summed E-state index contributed by atoms with van der Waals surface area (Å²) in [5.41, 5.74) is 3.81. The SMILES string of the molecule is COC(=O)C[C@@H](C)[C@H](NC(=O)C1c2ccccc2-c2ccccc21)C(=O)OC. The third-order valence-electron chi connectivity index (χ3n) is 5.13. The van der Waals surface area contributed by atoms with E-state index in [-0.39, 0.29) is 12.3 Å². The molecule has 146 valence electrons. The third kappa shape index (κ3) is 3.63. The molecule has 0 aromatic heterocycles. The summed E-state index contributed by atoms with van der Waals surface area (Å²) in [6.07, 6.45) is -0.00557. The molecule has 1 amide bonds. The number of esters is 2. The van der Waals surface area contributed by atoms with Crippen LogP contribution in [0.3, 0.4) is 0 Å². The van der Waals surface area contributed by atoms with E-state index in [0.29, 0.717) is 0 Å². The van der Waals surface area contributed by atoms with Crippen LogP contribution in [0.2, 0.25) is 0 Å². The number of carbonyl (C=O) groups is 3. The molecular formula is C22H23NO5. The van der Waals surface area contributed by atoms with Crippen molar-refractivity contribution in [2.45, 2.75) is 25.3 Å². The van der Waals surface area contributed by atoms with Crippen molar-refractivity contribution >= 4 is 17.8 Å². The predicted octanol–water partition coefficient (Wildman–Crippen LogP) is 2.66. The molecule has 0 saturated carbocycles. The van der Waals surface area contributed by atoms with Gasteiger partial charge in [-0.15, -0.1) is 0 Å². The highest BCUT2D eigenvalue weighted by Gasteiger charge is 2.37. The number of methoxy groups -OCH3 is 2. The minimum absolute atomic E-state index is 0.00557. The lowest BCUT2D eigenvalue weighted by Gasteiger charge is -2.24. The number of ether oxygens (including phenoxy) is 2. The van der Waals surface area contributed by atoms with E-state index in [9.17, 15) is 14.4 Å². The molecule has 0 radical (unpaired) electrons. The minimum Gasteiger partial charge on any atom is -0.469 e. The van der Waals surface area contributed by atoms with Crippen LogP contribution in [0.25, 0.3) is 11.1 Å². The van der Waals surface area contributed by atoms with Crippen molar-refractivity contribution < 1.29 is 23.9 Å². The van der Waals surface area contributed by atoms with Gasteiger partial charge in [-0.05, 0) is 28.2 Å². The summed E-state index contributed by atoms with van der Waals surface area (Å²) in [4.78, 5) is 37.1. The fourth-order valence-electron chi connectivity index (χ4n) is 3.70. The summed E-state index contributed by atoms with van der Waals surface area (Å²) >= 11 is 0. The molecule has 6 heteroatoms. The highest BCUT2D eigenvalue weighted by molar-refractivity contribution is 5.98. The Morgan fingerprint density at radius 1 is 0.929 bits per heavy atom. The van der Waals surface area contributed by atoms with E-state index >= 15 is 0 Å². The van der Waals surface area contributed by atoms with Crippen LogP contribution in [0.4, 0.5) is 0 Å². The Balaban J connectivity index is 1.90. The van der Waals surface area contributed by atoms with E-state index in [0.717, 1.165) is 22.3 Å². The van der Waals surface area contributed by atoms with Gasteiger partial charge >= 0.3 is 11.9 Å². The summed E-state index contributed by atoms with van der Waals surface area (Å²) < 4.78 is 9.52. The zero-order chi connectivity index (χ0) is 20.3. The van der Waals surface area contributed by atoms with Gasteiger partial charge in [-0.1, -0.05) is 55.5 Å². The molecular weight excluding hydrogens is 358 g/mol. The molecule has 0 unspecified atom stereocenters. The first-order valence-electron chi connectivity index (χ1n) is 9.11. The molecule has 0 aliphatic heterocycles.